The lowest BCUT2D eigenvalue weighted by atomic mass is 9.83. The molecule has 162 valence electrons. The van der Waals surface area contributed by atoms with Crippen LogP contribution in [0.2, 0.25) is 0 Å². The smallest absolute Gasteiger partial charge is 0.131 e. The SMILES string of the molecule is C=CC1C=NC(C2C=C(F)C(c3ccc(C4=CC(F)C(C)C(F)=C4)c(F)c3)=CC2)CC1. The Morgan fingerprint density at radius 1 is 1.13 bits per heavy atom. The van der Waals surface area contributed by atoms with Gasteiger partial charge in [-0.05, 0) is 54.7 Å². The molecule has 0 saturated heterocycles. The van der Waals surface area contributed by atoms with Crippen LogP contribution in [0.5, 0.6) is 0 Å². The summed E-state index contributed by atoms with van der Waals surface area (Å²) in [5.41, 5.74) is 0.995. The fourth-order valence-corrected chi connectivity index (χ4v) is 4.34. The fraction of sp³-hybridized carbons (Fsp3) is 0.346. The molecular weight excluding hydrogens is 402 g/mol. The van der Waals surface area contributed by atoms with Gasteiger partial charge in [-0.25, -0.2) is 17.6 Å². The number of hydrogen-bond donors (Lipinski definition) is 0. The van der Waals surface area contributed by atoms with E-state index in [2.05, 4.69) is 11.6 Å². The minimum absolute atomic E-state index is 0.0288. The lowest BCUT2D eigenvalue weighted by Crippen LogP contribution is -2.24. The summed E-state index contributed by atoms with van der Waals surface area (Å²) < 4.78 is 57.6. The largest absolute Gasteiger partial charge is 0.293 e. The van der Waals surface area contributed by atoms with Crippen molar-refractivity contribution >= 4 is 17.4 Å². The molecule has 3 aliphatic rings. The van der Waals surface area contributed by atoms with Gasteiger partial charge < -0.3 is 0 Å². The van der Waals surface area contributed by atoms with Crippen molar-refractivity contribution in [3.05, 3.63) is 83.8 Å². The molecule has 5 heteroatoms. The second kappa shape index (κ2) is 8.81. The molecule has 1 aliphatic heterocycles. The zero-order valence-electron chi connectivity index (χ0n) is 17.4. The van der Waals surface area contributed by atoms with E-state index < -0.39 is 29.6 Å². The van der Waals surface area contributed by atoms with Crippen molar-refractivity contribution in [2.45, 2.75) is 38.4 Å². The second-order valence-electron chi connectivity index (χ2n) is 8.45. The number of benzene rings is 1. The first-order chi connectivity index (χ1) is 14.9. The van der Waals surface area contributed by atoms with Crippen molar-refractivity contribution in [2.24, 2.45) is 22.7 Å². The molecule has 4 rings (SSSR count). The van der Waals surface area contributed by atoms with Crippen LogP contribution in [0.1, 0.15) is 37.3 Å². The third-order valence-corrected chi connectivity index (χ3v) is 6.41. The quantitative estimate of drug-likeness (QED) is 0.352. The third-order valence-electron chi connectivity index (χ3n) is 6.41. The van der Waals surface area contributed by atoms with Crippen molar-refractivity contribution in [3.63, 3.8) is 0 Å². The van der Waals surface area contributed by atoms with E-state index in [1.807, 2.05) is 12.3 Å². The number of alkyl halides is 1. The number of rotatable bonds is 4. The van der Waals surface area contributed by atoms with E-state index in [0.29, 0.717) is 17.6 Å². The van der Waals surface area contributed by atoms with Crippen molar-refractivity contribution in [1.29, 1.82) is 0 Å². The predicted octanol–water partition coefficient (Wildman–Crippen LogP) is 7.34. The number of aliphatic imine (C=N–C) groups is 1. The van der Waals surface area contributed by atoms with E-state index in [1.54, 1.807) is 18.2 Å². The van der Waals surface area contributed by atoms with Gasteiger partial charge in [0, 0.05) is 35.1 Å². The lowest BCUT2D eigenvalue weighted by molar-refractivity contribution is 0.292. The van der Waals surface area contributed by atoms with Gasteiger partial charge in [0.05, 0.1) is 6.04 Å². The maximum absolute atomic E-state index is 14.9. The van der Waals surface area contributed by atoms with E-state index in [9.17, 15) is 17.6 Å². The van der Waals surface area contributed by atoms with Gasteiger partial charge in [0.2, 0.25) is 0 Å². The topological polar surface area (TPSA) is 12.4 Å². The molecule has 1 aromatic rings. The fourth-order valence-electron chi connectivity index (χ4n) is 4.34. The second-order valence-corrected chi connectivity index (χ2v) is 8.45. The highest BCUT2D eigenvalue weighted by atomic mass is 19.1. The molecule has 0 spiro atoms. The van der Waals surface area contributed by atoms with Crippen molar-refractivity contribution in [3.8, 4) is 0 Å². The molecule has 0 N–H and O–H groups in total. The Morgan fingerprint density at radius 3 is 2.55 bits per heavy atom. The normalized spacial score (nSPS) is 30.8. The van der Waals surface area contributed by atoms with Gasteiger partial charge in [0.25, 0.3) is 0 Å². The maximum Gasteiger partial charge on any atom is 0.131 e. The summed E-state index contributed by atoms with van der Waals surface area (Å²) in [6.45, 7) is 5.23. The van der Waals surface area contributed by atoms with Crippen LogP contribution >= 0.6 is 0 Å². The molecule has 5 unspecified atom stereocenters. The Balaban J connectivity index is 1.53. The summed E-state index contributed by atoms with van der Waals surface area (Å²) in [4.78, 5) is 4.56. The lowest BCUT2D eigenvalue weighted by Gasteiger charge is -2.28. The molecule has 0 radical (unpaired) electrons. The minimum Gasteiger partial charge on any atom is -0.293 e. The molecule has 2 aliphatic carbocycles. The van der Waals surface area contributed by atoms with Gasteiger partial charge in [-0.3, -0.25) is 4.99 Å². The molecule has 0 fully saturated rings. The van der Waals surface area contributed by atoms with Crippen LogP contribution in [-0.2, 0) is 0 Å². The molecule has 1 nitrogen and oxygen atoms in total. The number of halogens is 4. The summed E-state index contributed by atoms with van der Waals surface area (Å²) in [5.74, 6) is -2.28. The van der Waals surface area contributed by atoms with Gasteiger partial charge in [-0.15, -0.1) is 6.58 Å². The monoisotopic (exact) mass is 427 g/mol. The zero-order chi connectivity index (χ0) is 22.1. The number of hydrogen-bond acceptors (Lipinski definition) is 1. The standard InChI is InChI=1S/C26H25F4N/c1-3-16-4-9-26(31-14-16)18-6-8-20(25(30)11-18)17-5-7-21(24(29)10-17)19-12-22(27)15(2)23(28)13-19/h3,5,7-8,10-16,18,22,26H,1,4,6,9H2,2H3. The summed E-state index contributed by atoms with van der Waals surface area (Å²) in [5, 5.41) is 0. The molecule has 31 heavy (non-hydrogen) atoms. The van der Waals surface area contributed by atoms with Crippen molar-refractivity contribution < 1.29 is 17.6 Å². The maximum atomic E-state index is 14.9. The highest BCUT2D eigenvalue weighted by Crippen LogP contribution is 2.38. The van der Waals surface area contributed by atoms with Gasteiger partial charge in [-0.1, -0.05) is 31.2 Å². The molecule has 5 atom stereocenters. The van der Waals surface area contributed by atoms with Gasteiger partial charge in [0.1, 0.15) is 23.6 Å². The first kappa shape index (κ1) is 21.5. The average Bonchev–Trinajstić information content (AvgIpc) is 2.77. The van der Waals surface area contributed by atoms with E-state index in [-0.39, 0.29) is 29.0 Å². The molecule has 0 saturated carbocycles. The van der Waals surface area contributed by atoms with Crippen LogP contribution in [0.15, 0.2) is 71.8 Å². The van der Waals surface area contributed by atoms with Crippen LogP contribution in [0.3, 0.4) is 0 Å². The van der Waals surface area contributed by atoms with E-state index >= 15 is 0 Å². The molecule has 0 aromatic heterocycles. The van der Waals surface area contributed by atoms with Gasteiger partial charge in [0.15, 0.2) is 0 Å². The summed E-state index contributed by atoms with van der Waals surface area (Å²) >= 11 is 0. The summed E-state index contributed by atoms with van der Waals surface area (Å²) in [7, 11) is 0. The van der Waals surface area contributed by atoms with Gasteiger partial charge in [-0.2, -0.15) is 0 Å². The first-order valence-corrected chi connectivity index (χ1v) is 10.6. The number of allylic oxidation sites excluding steroid dienone is 8. The zero-order valence-corrected chi connectivity index (χ0v) is 17.4. The Morgan fingerprint density at radius 2 is 1.94 bits per heavy atom. The summed E-state index contributed by atoms with van der Waals surface area (Å²) in [6, 6.07) is 4.29. The average molecular weight is 427 g/mol. The van der Waals surface area contributed by atoms with Gasteiger partial charge >= 0.3 is 0 Å². The highest BCUT2D eigenvalue weighted by molar-refractivity contribution is 5.81. The van der Waals surface area contributed by atoms with Crippen LogP contribution in [0.4, 0.5) is 17.6 Å². The minimum atomic E-state index is -1.51. The Bertz CT molecular complexity index is 1030. The Labute approximate surface area is 180 Å². The molecule has 1 aromatic carbocycles. The molecule has 1 heterocycles. The van der Waals surface area contributed by atoms with Crippen molar-refractivity contribution in [2.75, 3.05) is 0 Å². The van der Waals surface area contributed by atoms with Crippen molar-refractivity contribution in [1.82, 2.24) is 0 Å². The van der Waals surface area contributed by atoms with E-state index in [4.69, 9.17) is 0 Å². The van der Waals surface area contributed by atoms with E-state index in [1.165, 1.54) is 25.1 Å². The van der Waals surface area contributed by atoms with E-state index in [0.717, 1.165) is 18.9 Å². The molecular formula is C26H25F4N. The van der Waals surface area contributed by atoms with Crippen LogP contribution in [0.25, 0.3) is 11.1 Å². The Hall–Kier alpha value is -2.69. The Kier molecular flexibility index (Phi) is 6.12. The van der Waals surface area contributed by atoms with Crippen LogP contribution in [-0.4, -0.2) is 18.4 Å². The third kappa shape index (κ3) is 4.36. The number of nitrogens with zero attached hydrogens (tertiary/aromatic N) is 1. The molecule has 0 amide bonds. The highest BCUT2D eigenvalue weighted by Gasteiger charge is 2.28. The van der Waals surface area contributed by atoms with Crippen LogP contribution < -0.4 is 0 Å². The van der Waals surface area contributed by atoms with Crippen LogP contribution in [0, 0.1) is 23.6 Å². The molecule has 0 bridgehead atoms. The predicted molar refractivity (Wildman–Crippen MR) is 118 cm³/mol. The summed E-state index contributed by atoms with van der Waals surface area (Å²) in [6.07, 6.45) is 10.4. The first-order valence-electron chi connectivity index (χ1n) is 10.6.